The lowest BCUT2D eigenvalue weighted by Crippen LogP contribution is -2.52. The maximum absolute atomic E-state index is 13.1. The number of carbonyl (C=O) groups excluding carboxylic acids is 3. The fourth-order valence-corrected chi connectivity index (χ4v) is 4.20. The van der Waals surface area contributed by atoms with Crippen LogP contribution in [-0.2, 0) is 14.3 Å². The number of esters is 1. The van der Waals surface area contributed by atoms with Crippen LogP contribution in [0.15, 0.2) is 48.5 Å². The molecule has 0 aromatic heterocycles. The molecule has 0 spiro atoms. The first-order valence-corrected chi connectivity index (χ1v) is 10.7. The number of carbonyl (C=O) groups is 3. The van der Waals surface area contributed by atoms with Gasteiger partial charge in [-0.15, -0.1) is 0 Å². The van der Waals surface area contributed by atoms with Crippen molar-refractivity contribution >= 4 is 40.8 Å². The van der Waals surface area contributed by atoms with E-state index in [9.17, 15) is 14.4 Å². The van der Waals surface area contributed by atoms with Crippen LogP contribution in [0.2, 0.25) is 5.02 Å². The predicted molar refractivity (Wildman–Crippen MR) is 119 cm³/mol. The van der Waals surface area contributed by atoms with Gasteiger partial charge in [0.1, 0.15) is 0 Å². The van der Waals surface area contributed by atoms with Crippen LogP contribution >= 0.6 is 11.6 Å². The average molecular weight is 442 g/mol. The number of hydrogen-bond acceptors (Lipinski definition) is 6. The maximum Gasteiger partial charge on any atom is 0.338 e. The summed E-state index contributed by atoms with van der Waals surface area (Å²) in [4.78, 5) is 43.1. The van der Waals surface area contributed by atoms with Crippen LogP contribution in [0.25, 0.3) is 0 Å². The van der Waals surface area contributed by atoms with E-state index in [0.717, 1.165) is 18.8 Å². The minimum Gasteiger partial charge on any atom is -0.462 e. The number of piperazine rings is 1. The van der Waals surface area contributed by atoms with Crippen LogP contribution in [0, 0.1) is 0 Å². The Balaban J connectivity index is 1.40. The Hall–Kier alpha value is -2.90. The minimum absolute atomic E-state index is 0.166. The van der Waals surface area contributed by atoms with Crippen LogP contribution in [0.1, 0.15) is 23.7 Å². The molecule has 162 valence electrons. The van der Waals surface area contributed by atoms with Crippen molar-refractivity contribution in [2.45, 2.75) is 19.4 Å². The van der Waals surface area contributed by atoms with Gasteiger partial charge < -0.3 is 9.64 Å². The first-order chi connectivity index (χ1) is 15.0. The molecule has 0 unspecified atom stereocenters. The Labute approximate surface area is 186 Å². The lowest BCUT2D eigenvalue weighted by Gasteiger charge is -2.38. The van der Waals surface area contributed by atoms with Gasteiger partial charge in [0.05, 0.1) is 30.3 Å². The maximum atomic E-state index is 13.1. The van der Waals surface area contributed by atoms with Gasteiger partial charge in [0.25, 0.3) is 5.91 Å². The van der Waals surface area contributed by atoms with Crippen molar-refractivity contribution in [1.29, 1.82) is 0 Å². The van der Waals surface area contributed by atoms with E-state index in [0.29, 0.717) is 29.4 Å². The Morgan fingerprint density at radius 1 is 0.968 bits per heavy atom. The van der Waals surface area contributed by atoms with E-state index in [1.165, 1.54) is 4.90 Å². The first kappa shape index (κ1) is 21.3. The summed E-state index contributed by atoms with van der Waals surface area (Å²) in [6.07, 6.45) is 0.166. The lowest BCUT2D eigenvalue weighted by molar-refractivity contribution is -0.123. The molecular formula is C23H24ClN3O4. The molecule has 0 radical (unpaired) electrons. The highest BCUT2D eigenvalue weighted by atomic mass is 35.5. The van der Waals surface area contributed by atoms with Crippen molar-refractivity contribution in [3.8, 4) is 0 Å². The molecule has 31 heavy (non-hydrogen) atoms. The molecule has 4 rings (SSSR count). The molecule has 0 saturated carbocycles. The molecule has 7 nitrogen and oxygen atoms in total. The summed E-state index contributed by atoms with van der Waals surface area (Å²) in [6.45, 7) is 4.96. The molecule has 2 aromatic carbocycles. The number of halogens is 1. The van der Waals surface area contributed by atoms with Gasteiger partial charge in [-0.05, 0) is 55.5 Å². The minimum atomic E-state index is -0.454. The number of ether oxygens (including phenoxy) is 1. The zero-order valence-electron chi connectivity index (χ0n) is 17.3. The van der Waals surface area contributed by atoms with Crippen LogP contribution < -0.4 is 9.80 Å². The third-order valence-corrected chi connectivity index (χ3v) is 5.96. The Morgan fingerprint density at radius 3 is 2.19 bits per heavy atom. The quantitative estimate of drug-likeness (QED) is 0.525. The third-order valence-electron chi connectivity index (χ3n) is 5.71. The summed E-state index contributed by atoms with van der Waals surface area (Å²) in [7, 11) is 0. The van der Waals surface area contributed by atoms with Gasteiger partial charge >= 0.3 is 5.97 Å². The molecule has 2 aliphatic heterocycles. The number of anilines is 2. The van der Waals surface area contributed by atoms with Crippen LogP contribution in [0.4, 0.5) is 11.4 Å². The number of benzene rings is 2. The number of imide groups is 1. The summed E-state index contributed by atoms with van der Waals surface area (Å²) in [5, 5.41) is 0.702. The normalized spacial score (nSPS) is 19.7. The topological polar surface area (TPSA) is 70.2 Å². The van der Waals surface area contributed by atoms with Gasteiger partial charge in [-0.2, -0.15) is 0 Å². The van der Waals surface area contributed by atoms with Gasteiger partial charge in [0.15, 0.2) is 0 Å². The van der Waals surface area contributed by atoms with Crippen molar-refractivity contribution < 1.29 is 19.1 Å². The molecule has 0 N–H and O–H groups in total. The van der Waals surface area contributed by atoms with Gasteiger partial charge in [-0.3, -0.25) is 14.5 Å². The standard InChI is InChI=1S/C23H24ClN3O4/c1-2-31-23(30)16-3-7-19(8-4-16)27-21(28)15-20(22(27)29)26-13-11-25(12-14-26)18-9-5-17(24)6-10-18/h3-10,20H,2,11-15H2,1H3/t20-/m0/s1. The summed E-state index contributed by atoms with van der Waals surface area (Å²) in [5.41, 5.74) is 1.96. The van der Waals surface area contributed by atoms with E-state index in [4.69, 9.17) is 16.3 Å². The highest BCUT2D eigenvalue weighted by Gasteiger charge is 2.43. The van der Waals surface area contributed by atoms with Gasteiger partial charge in [0.2, 0.25) is 5.91 Å². The zero-order valence-corrected chi connectivity index (χ0v) is 18.0. The number of nitrogens with zero attached hydrogens (tertiary/aromatic N) is 3. The summed E-state index contributed by atoms with van der Waals surface area (Å²) in [5.74, 6) is -0.864. The molecule has 2 heterocycles. The molecule has 2 aliphatic rings. The van der Waals surface area contributed by atoms with Gasteiger partial charge in [0, 0.05) is 36.9 Å². The van der Waals surface area contributed by atoms with E-state index >= 15 is 0 Å². The average Bonchev–Trinajstić information content (AvgIpc) is 3.08. The summed E-state index contributed by atoms with van der Waals surface area (Å²) in [6, 6.07) is 13.6. The monoisotopic (exact) mass is 441 g/mol. The molecule has 0 bridgehead atoms. The van der Waals surface area contributed by atoms with E-state index < -0.39 is 12.0 Å². The zero-order chi connectivity index (χ0) is 22.0. The second-order valence-corrected chi connectivity index (χ2v) is 7.99. The molecule has 2 aromatic rings. The van der Waals surface area contributed by atoms with Crippen molar-refractivity contribution in [3.63, 3.8) is 0 Å². The molecule has 8 heteroatoms. The van der Waals surface area contributed by atoms with E-state index in [1.807, 2.05) is 24.3 Å². The van der Waals surface area contributed by atoms with Gasteiger partial charge in [-0.1, -0.05) is 11.6 Å². The highest BCUT2D eigenvalue weighted by molar-refractivity contribution is 6.30. The second kappa shape index (κ2) is 9.08. The lowest BCUT2D eigenvalue weighted by atomic mass is 10.1. The van der Waals surface area contributed by atoms with E-state index in [-0.39, 0.29) is 24.8 Å². The Morgan fingerprint density at radius 2 is 1.58 bits per heavy atom. The molecule has 2 amide bonds. The Kier molecular flexibility index (Phi) is 6.25. The second-order valence-electron chi connectivity index (χ2n) is 7.55. The summed E-state index contributed by atoms with van der Waals surface area (Å²) < 4.78 is 4.97. The Bertz CT molecular complexity index is 969. The largest absolute Gasteiger partial charge is 0.462 e. The van der Waals surface area contributed by atoms with Crippen molar-refractivity contribution in [2.24, 2.45) is 0 Å². The van der Waals surface area contributed by atoms with Crippen LogP contribution in [0.3, 0.4) is 0 Å². The molecule has 1 atom stereocenters. The fourth-order valence-electron chi connectivity index (χ4n) is 4.08. The first-order valence-electron chi connectivity index (χ1n) is 10.4. The molecule has 0 aliphatic carbocycles. The molecule has 2 fully saturated rings. The molecular weight excluding hydrogens is 418 g/mol. The third kappa shape index (κ3) is 4.43. The number of amides is 2. The van der Waals surface area contributed by atoms with Crippen LogP contribution in [0.5, 0.6) is 0 Å². The van der Waals surface area contributed by atoms with Gasteiger partial charge in [-0.25, -0.2) is 9.69 Å². The number of hydrogen-bond donors (Lipinski definition) is 0. The number of rotatable bonds is 5. The van der Waals surface area contributed by atoms with E-state index in [1.54, 1.807) is 31.2 Å². The smallest absolute Gasteiger partial charge is 0.338 e. The van der Waals surface area contributed by atoms with Crippen LogP contribution in [-0.4, -0.2) is 61.5 Å². The highest BCUT2D eigenvalue weighted by Crippen LogP contribution is 2.28. The van der Waals surface area contributed by atoms with Crippen molar-refractivity contribution in [3.05, 3.63) is 59.1 Å². The van der Waals surface area contributed by atoms with Crippen molar-refractivity contribution in [1.82, 2.24) is 4.90 Å². The van der Waals surface area contributed by atoms with Crippen molar-refractivity contribution in [2.75, 3.05) is 42.6 Å². The molecule has 2 saturated heterocycles. The SMILES string of the molecule is CCOC(=O)c1ccc(N2C(=O)C[C@H](N3CCN(c4ccc(Cl)cc4)CC3)C2=O)cc1. The summed E-state index contributed by atoms with van der Waals surface area (Å²) >= 11 is 5.97. The fraction of sp³-hybridized carbons (Fsp3) is 0.348. The predicted octanol–water partition coefficient (Wildman–Crippen LogP) is 2.97. The van der Waals surface area contributed by atoms with E-state index in [2.05, 4.69) is 9.80 Å².